The van der Waals surface area contributed by atoms with Gasteiger partial charge >= 0.3 is 0 Å². The Hall–Kier alpha value is -3.13. The van der Waals surface area contributed by atoms with Gasteiger partial charge in [-0.15, -0.1) is 0 Å². The van der Waals surface area contributed by atoms with Gasteiger partial charge in [0, 0.05) is 29.5 Å². The van der Waals surface area contributed by atoms with E-state index < -0.39 is 11.5 Å². The van der Waals surface area contributed by atoms with E-state index in [0.29, 0.717) is 35.2 Å². The molecule has 2 unspecified atom stereocenters. The highest BCUT2D eigenvalue weighted by atomic mass is 35.5. The standard InChI is InChI=1S/C20H20ClN7O/c1-3-24-18(29)14-10-20(14)19(23)28(11(2)22)17-16(25-8-9-26-17)15(27-20)12-4-6-13(21)7-5-12/h4-9,14,22-23H,3,10H2,1-2H3,(H,24,29). The zero-order valence-corrected chi connectivity index (χ0v) is 16.8. The number of amides is 1. The molecule has 2 aliphatic rings. The number of fused-ring (bicyclic) bond motifs is 1. The van der Waals surface area contributed by atoms with Crippen LogP contribution in [0.4, 0.5) is 5.82 Å². The van der Waals surface area contributed by atoms with Gasteiger partial charge in [0.15, 0.2) is 5.82 Å². The SMILES string of the molecule is CCNC(=O)C1CC12N=C(c1ccc(Cl)cc1)c1nccnc1N(C(C)=N)C2=N. The highest BCUT2D eigenvalue weighted by Gasteiger charge is 2.64. The van der Waals surface area contributed by atoms with Crippen molar-refractivity contribution in [3.8, 4) is 0 Å². The van der Waals surface area contributed by atoms with Crippen LogP contribution in [0.5, 0.6) is 0 Å². The number of halogens is 1. The van der Waals surface area contributed by atoms with Crippen LogP contribution in [0.25, 0.3) is 0 Å². The number of nitrogens with zero attached hydrogens (tertiary/aromatic N) is 4. The molecular formula is C20H20ClN7O. The molecule has 1 aliphatic carbocycles. The lowest BCUT2D eigenvalue weighted by molar-refractivity contribution is -0.122. The van der Waals surface area contributed by atoms with E-state index in [0.717, 1.165) is 5.56 Å². The summed E-state index contributed by atoms with van der Waals surface area (Å²) in [5, 5.41) is 20.5. The highest BCUT2D eigenvalue weighted by molar-refractivity contribution is 6.31. The lowest BCUT2D eigenvalue weighted by Gasteiger charge is -2.25. The highest BCUT2D eigenvalue weighted by Crippen LogP contribution is 2.51. The first kappa shape index (κ1) is 19.2. The van der Waals surface area contributed by atoms with Crippen LogP contribution in [0.2, 0.25) is 5.02 Å². The molecule has 0 saturated heterocycles. The third-order valence-electron chi connectivity index (χ3n) is 5.11. The summed E-state index contributed by atoms with van der Waals surface area (Å²) >= 11 is 6.05. The number of hydrogen-bond donors (Lipinski definition) is 3. The first-order valence-electron chi connectivity index (χ1n) is 9.28. The molecule has 0 bridgehead atoms. The summed E-state index contributed by atoms with van der Waals surface area (Å²) < 4.78 is 0. The molecule has 1 spiro atoms. The predicted molar refractivity (Wildman–Crippen MR) is 112 cm³/mol. The fraction of sp³-hybridized carbons (Fsp3) is 0.300. The van der Waals surface area contributed by atoms with Gasteiger partial charge in [-0.1, -0.05) is 23.7 Å². The first-order valence-corrected chi connectivity index (χ1v) is 9.66. The number of amidine groups is 2. The lowest BCUT2D eigenvalue weighted by Crippen LogP contribution is -2.44. The van der Waals surface area contributed by atoms with E-state index in [1.807, 2.05) is 19.1 Å². The Morgan fingerprint density at radius 1 is 1.31 bits per heavy atom. The second-order valence-electron chi connectivity index (χ2n) is 7.04. The minimum Gasteiger partial charge on any atom is -0.356 e. The Morgan fingerprint density at radius 3 is 2.66 bits per heavy atom. The van der Waals surface area contributed by atoms with Crippen molar-refractivity contribution < 1.29 is 4.79 Å². The molecule has 29 heavy (non-hydrogen) atoms. The fourth-order valence-corrected chi connectivity index (χ4v) is 3.77. The minimum absolute atomic E-state index is 0.0620. The van der Waals surface area contributed by atoms with Crippen LogP contribution in [0.1, 0.15) is 31.5 Å². The molecule has 9 heteroatoms. The molecule has 2 atom stereocenters. The Kier molecular flexibility index (Phi) is 4.66. The van der Waals surface area contributed by atoms with Crippen LogP contribution in [0.3, 0.4) is 0 Å². The molecule has 1 aliphatic heterocycles. The molecule has 1 saturated carbocycles. The van der Waals surface area contributed by atoms with Gasteiger partial charge in [0.1, 0.15) is 22.9 Å². The van der Waals surface area contributed by atoms with Crippen LogP contribution >= 0.6 is 11.6 Å². The fourth-order valence-electron chi connectivity index (χ4n) is 3.65. The molecule has 8 nitrogen and oxygen atoms in total. The zero-order valence-electron chi connectivity index (χ0n) is 16.0. The van der Waals surface area contributed by atoms with Crippen LogP contribution in [0.15, 0.2) is 41.7 Å². The summed E-state index contributed by atoms with van der Waals surface area (Å²) in [7, 11) is 0. The molecular weight excluding hydrogens is 390 g/mol. The Balaban J connectivity index is 1.93. The van der Waals surface area contributed by atoms with Gasteiger partial charge in [-0.25, -0.2) is 9.97 Å². The van der Waals surface area contributed by atoms with Crippen molar-refractivity contribution in [1.82, 2.24) is 15.3 Å². The van der Waals surface area contributed by atoms with E-state index in [1.54, 1.807) is 25.3 Å². The average Bonchev–Trinajstić information content (AvgIpc) is 3.44. The molecule has 2 heterocycles. The number of anilines is 1. The van der Waals surface area contributed by atoms with Crippen LogP contribution < -0.4 is 10.2 Å². The normalized spacial score (nSPS) is 22.6. The third-order valence-corrected chi connectivity index (χ3v) is 5.36. The maximum absolute atomic E-state index is 12.6. The van der Waals surface area contributed by atoms with Crippen molar-refractivity contribution in [2.24, 2.45) is 10.9 Å². The Labute approximate surface area is 173 Å². The number of nitrogens with one attached hydrogen (secondary N) is 3. The maximum Gasteiger partial charge on any atom is 0.226 e. The molecule has 4 rings (SSSR count). The monoisotopic (exact) mass is 409 g/mol. The van der Waals surface area contributed by atoms with Gasteiger partial charge in [0.05, 0.1) is 11.6 Å². The van der Waals surface area contributed by atoms with Gasteiger partial charge in [-0.2, -0.15) is 0 Å². The molecule has 0 radical (unpaired) electrons. The van der Waals surface area contributed by atoms with Crippen LogP contribution in [-0.2, 0) is 4.79 Å². The number of rotatable bonds is 3. The van der Waals surface area contributed by atoms with Crippen molar-refractivity contribution in [2.75, 3.05) is 11.4 Å². The van der Waals surface area contributed by atoms with E-state index in [2.05, 4.69) is 15.3 Å². The Morgan fingerprint density at radius 2 is 2.00 bits per heavy atom. The molecule has 1 aromatic carbocycles. The minimum atomic E-state index is -1.06. The lowest BCUT2D eigenvalue weighted by atomic mass is 10.1. The van der Waals surface area contributed by atoms with Crippen LogP contribution in [-0.4, -0.2) is 45.3 Å². The first-order chi connectivity index (χ1) is 13.9. The average molecular weight is 410 g/mol. The molecule has 1 fully saturated rings. The quantitative estimate of drug-likeness (QED) is 0.533. The maximum atomic E-state index is 12.6. The number of aliphatic imine (C=N–C) groups is 1. The van der Waals surface area contributed by atoms with E-state index >= 15 is 0 Å². The van der Waals surface area contributed by atoms with Crippen molar-refractivity contribution >= 4 is 40.7 Å². The number of aromatic nitrogens is 2. The summed E-state index contributed by atoms with van der Waals surface area (Å²) in [5.41, 5.74) is 0.697. The molecule has 148 valence electrons. The summed E-state index contributed by atoms with van der Waals surface area (Å²) in [6.45, 7) is 3.94. The molecule has 3 N–H and O–H groups in total. The van der Waals surface area contributed by atoms with Gasteiger partial charge in [-0.05, 0) is 32.4 Å². The number of hydrogen-bond acceptors (Lipinski definition) is 6. The number of carbonyl (C=O) groups excluding carboxylic acids is 1. The van der Waals surface area contributed by atoms with E-state index in [4.69, 9.17) is 27.4 Å². The number of carbonyl (C=O) groups is 1. The van der Waals surface area contributed by atoms with E-state index in [9.17, 15) is 4.79 Å². The van der Waals surface area contributed by atoms with Gasteiger partial charge in [0.25, 0.3) is 0 Å². The zero-order chi connectivity index (χ0) is 20.8. The summed E-state index contributed by atoms with van der Waals surface area (Å²) in [5.74, 6) is -0.0892. The van der Waals surface area contributed by atoms with E-state index in [-0.39, 0.29) is 17.6 Å². The van der Waals surface area contributed by atoms with Gasteiger partial charge < -0.3 is 5.32 Å². The van der Waals surface area contributed by atoms with Crippen LogP contribution in [0, 0.1) is 16.7 Å². The van der Waals surface area contributed by atoms with Crippen molar-refractivity contribution in [2.45, 2.75) is 25.8 Å². The third kappa shape index (κ3) is 3.09. The summed E-state index contributed by atoms with van der Waals surface area (Å²) in [6, 6.07) is 7.17. The topological polar surface area (TPSA) is 118 Å². The summed E-state index contributed by atoms with van der Waals surface area (Å²) in [4.78, 5) is 27.8. The van der Waals surface area contributed by atoms with E-state index in [1.165, 1.54) is 11.1 Å². The molecule has 1 amide bonds. The largest absolute Gasteiger partial charge is 0.356 e. The number of benzene rings is 1. The second-order valence-corrected chi connectivity index (χ2v) is 7.48. The van der Waals surface area contributed by atoms with Crippen molar-refractivity contribution in [3.05, 3.63) is 52.9 Å². The van der Waals surface area contributed by atoms with Crippen molar-refractivity contribution in [1.29, 1.82) is 10.8 Å². The Bertz CT molecular complexity index is 1050. The van der Waals surface area contributed by atoms with Crippen molar-refractivity contribution in [3.63, 3.8) is 0 Å². The summed E-state index contributed by atoms with van der Waals surface area (Å²) in [6.07, 6.45) is 3.47. The second kappa shape index (κ2) is 7.04. The molecule has 1 aromatic heterocycles. The smallest absolute Gasteiger partial charge is 0.226 e. The molecule has 2 aromatic rings. The predicted octanol–water partition coefficient (Wildman–Crippen LogP) is 2.66. The van der Waals surface area contributed by atoms with Gasteiger partial charge in [-0.3, -0.25) is 25.5 Å². The van der Waals surface area contributed by atoms with Gasteiger partial charge in [0.2, 0.25) is 5.91 Å².